The van der Waals surface area contributed by atoms with Gasteiger partial charge in [0.15, 0.2) is 5.78 Å². The largest absolute Gasteiger partial charge is 0.382 e. The molecule has 4 rings (SSSR count). The smallest absolute Gasteiger partial charge is 0.272 e. The fourth-order valence-electron chi connectivity index (χ4n) is 7.11. The molecule has 6 amide bonds. The molecule has 3 aromatic carbocycles. The molecule has 0 saturated carbocycles. The average molecular weight is 864 g/mol. The molecule has 16 heteroatoms. The van der Waals surface area contributed by atoms with Crippen molar-refractivity contribution in [1.82, 2.24) is 31.7 Å². The maximum atomic E-state index is 14.5. The number of carbonyl (C=O) groups excluding carboxylic acids is 7. The summed E-state index contributed by atoms with van der Waals surface area (Å²) in [5, 5.41) is 31.7. The highest BCUT2D eigenvalue weighted by Crippen LogP contribution is 2.22. The van der Waals surface area contributed by atoms with E-state index >= 15 is 0 Å². The number of terminal acetylenes is 1. The first-order valence-electron chi connectivity index (χ1n) is 21.0. The minimum absolute atomic E-state index is 0.0169. The van der Waals surface area contributed by atoms with E-state index in [1.54, 1.807) is 74.6 Å². The van der Waals surface area contributed by atoms with E-state index in [1.807, 2.05) is 24.3 Å². The molecule has 0 fully saturated rings. The number of ketones is 1. The molecule has 1 aromatic heterocycles. The van der Waals surface area contributed by atoms with Crippen molar-refractivity contribution in [1.29, 1.82) is 0 Å². The van der Waals surface area contributed by atoms with Gasteiger partial charge in [-0.1, -0.05) is 86.6 Å². The lowest BCUT2D eigenvalue weighted by atomic mass is 9.90. The van der Waals surface area contributed by atoms with Gasteiger partial charge in [0.1, 0.15) is 24.2 Å². The average Bonchev–Trinajstić information content (AvgIpc) is 3.69. The van der Waals surface area contributed by atoms with Crippen LogP contribution in [0.3, 0.4) is 0 Å². The third-order valence-electron chi connectivity index (χ3n) is 10.5. The van der Waals surface area contributed by atoms with Crippen molar-refractivity contribution < 1.29 is 43.9 Å². The van der Waals surface area contributed by atoms with Crippen molar-refractivity contribution in [3.05, 3.63) is 107 Å². The number of primary amides is 1. The van der Waals surface area contributed by atoms with Crippen molar-refractivity contribution in [3.63, 3.8) is 0 Å². The maximum absolute atomic E-state index is 14.5. The third kappa shape index (κ3) is 14.9. The van der Waals surface area contributed by atoms with Gasteiger partial charge in [0.2, 0.25) is 29.5 Å². The van der Waals surface area contributed by atoms with Gasteiger partial charge in [-0.3, -0.25) is 38.8 Å². The molecular formula is C47H57N7O9. The molecule has 0 aliphatic heterocycles. The SMILES string of the molecule is C#CCCCC(=O)NCCCCC(NC(=O)[C@H](Cc1ccc(C(=O)c2ccccc2)cc1)NC(=O)[C@H](Cc1c[nH]c2ccccc12)NC(=O)[C@H](CC(C)C)[C@H](O)C(=O)NO)C(N)=O. The van der Waals surface area contributed by atoms with Gasteiger partial charge in [0.05, 0.1) is 5.92 Å². The van der Waals surface area contributed by atoms with Crippen LogP contribution in [0, 0.1) is 24.2 Å². The van der Waals surface area contributed by atoms with E-state index in [0.717, 1.165) is 10.9 Å². The Morgan fingerprint density at radius 3 is 2.02 bits per heavy atom. The van der Waals surface area contributed by atoms with Crippen LogP contribution in [-0.4, -0.2) is 87.3 Å². The lowest BCUT2D eigenvalue weighted by molar-refractivity contribution is -0.147. The second-order valence-electron chi connectivity index (χ2n) is 15.8. The normalized spacial score (nSPS) is 13.4. The Balaban J connectivity index is 1.61. The van der Waals surface area contributed by atoms with Crippen molar-refractivity contribution >= 4 is 52.1 Å². The Bertz CT molecular complexity index is 2230. The zero-order chi connectivity index (χ0) is 45.9. The molecule has 10 N–H and O–H groups in total. The molecule has 334 valence electrons. The number of unbranched alkanes of at least 4 members (excludes halogenated alkanes) is 2. The summed E-state index contributed by atoms with van der Waals surface area (Å²) in [4.78, 5) is 95.8. The number of para-hydroxylation sites is 1. The van der Waals surface area contributed by atoms with Gasteiger partial charge in [-0.25, -0.2) is 5.48 Å². The van der Waals surface area contributed by atoms with Crippen LogP contribution in [0.15, 0.2) is 85.1 Å². The quantitative estimate of drug-likeness (QED) is 0.0156. The molecule has 0 spiro atoms. The first-order chi connectivity index (χ1) is 30.2. The van der Waals surface area contributed by atoms with E-state index in [1.165, 1.54) is 5.48 Å². The fourth-order valence-corrected chi connectivity index (χ4v) is 7.11. The molecule has 16 nitrogen and oxygen atoms in total. The number of hydroxylamine groups is 1. The van der Waals surface area contributed by atoms with Crippen LogP contribution in [0.2, 0.25) is 0 Å². The molecule has 0 radical (unpaired) electrons. The monoisotopic (exact) mass is 863 g/mol. The lowest BCUT2D eigenvalue weighted by Gasteiger charge is -2.27. The molecule has 0 aliphatic carbocycles. The van der Waals surface area contributed by atoms with E-state index in [9.17, 15) is 43.9 Å². The summed E-state index contributed by atoms with van der Waals surface area (Å²) in [6.45, 7) is 3.88. The highest BCUT2D eigenvalue weighted by atomic mass is 16.5. The number of hydrogen-bond donors (Lipinski definition) is 9. The second kappa shape index (κ2) is 24.6. The molecule has 4 aromatic rings. The zero-order valence-electron chi connectivity index (χ0n) is 35.5. The number of aliphatic hydroxyl groups excluding tert-OH is 1. The van der Waals surface area contributed by atoms with Gasteiger partial charge in [-0.2, -0.15) is 0 Å². The molecule has 0 aliphatic rings. The van der Waals surface area contributed by atoms with Gasteiger partial charge in [-0.05, 0) is 55.2 Å². The summed E-state index contributed by atoms with van der Waals surface area (Å²) >= 11 is 0. The summed E-state index contributed by atoms with van der Waals surface area (Å²) in [6, 6.07) is 18.6. The first kappa shape index (κ1) is 48.8. The number of nitrogens with two attached hydrogens (primary N) is 1. The van der Waals surface area contributed by atoms with Crippen LogP contribution in [0.25, 0.3) is 10.9 Å². The first-order valence-corrected chi connectivity index (χ1v) is 21.0. The number of H-pyrrole nitrogens is 1. The molecule has 1 heterocycles. The number of aliphatic hydroxyl groups is 1. The Morgan fingerprint density at radius 2 is 1.37 bits per heavy atom. The number of aromatic amines is 1. The Morgan fingerprint density at radius 1 is 0.746 bits per heavy atom. The number of hydrogen-bond acceptors (Lipinski definition) is 9. The number of nitrogens with one attached hydrogen (secondary N) is 6. The fraction of sp³-hybridized carbons (Fsp3) is 0.383. The summed E-state index contributed by atoms with van der Waals surface area (Å²) in [7, 11) is 0. The number of benzene rings is 3. The van der Waals surface area contributed by atoms with Gasteiger partial charge in [0, 0.05) is 60.5 Å². The summed E-state index contributed by atoms with van der Waals surface area (Å²) in [5.74, 6) is -3.87. The Kier molecular flexibility index (Phi) is 19.0. The van der Waals surface area contributed by atoms with Gasteiger partial charge < -0.3 is 37.1 Å². The van der Waals surface area contributed by atoms with Crippen LogP contribution >= 0.6 is 0 Å². The van der Waals surface area contributed by atoms with Gasteiger partial charge >= 0.3 is 0 Å². The maximum Gasteiger partial charge on any atom is 0.272 e. The van der Waals surface area contributed by atoms with Gasteiger partial charge in [-0.15, -0.1) is 12.3 Å². The zero-order valence-corrected chi connectivity index (χ0v) is 35.5. The number of amides is 6. The molecule has 63 heavy (non-hydrogen) atoms. The predicted octanol–water partition coefficient (Wildman–Crippen LogP) is 2.74. The number of fused-ring (bicyclic) bond motifs is 1. The Labute approximate surface area is 366 Å². The van der Waals surface area contributed by atoms with Gasteiger partial charge in [0.25, 0.3) is 5.91 Å². The van der Waals surface area contributed by atoms with E-state index in [4.69, 9.17) is 12.2 Å². The molecule has 5 atom stereocenters. The van der Waals surface area contributed by atoms with Crippen LogP contribution in [-0.2, 0) is 41.6 Å². The van der Waals surface area contributed by atoms with Crippen molar-refractivity contribution in [2.75, 3.05) is 6.54 Å². The molecule has 0 saturated heterocycles. The second-order valence-corrected chi connectivity index (χ2v) is 15.8. The minimum atomic E-state index is -1.95. The lowest BCUT2D eigenvalue weighted by Crippen LogP contribution is -2.58. The topological polar surface area (TPSA) is 262 Å². The molecule has 0 bridgehead atoms. The number of rotatable bonds is 25. The van der Waals surface area contributed by atoms with E-state index in [-0.39, 0.29) is 49.7 Å². The predicted molar refractivity (Wildman–Crippen MR) is 235 cm³/mol. The van der Waals surface area contributed by atoms with E-state index in [0.29, 0.717) is 54.5 Å². The standard InChI is InChI=1S/C47H57N7O9/c1-4-5-7-19-40(55)49-24-13-12-18-37(43(48)58)51-45(60)38(26-30-20-22-32(23-21-30)41(56)31-14-8-6-9-15-31)53-46(61)39(27-33-28-50-36-17-11-10-16-34(33)36)52-44(59)35(25-29(2)3)42(57)47(62)54-63/h1,6,8-11,14-17,20-23,28-29,35,37-39,42,50,57,63H,5,7,12-13,18-19,24-27H2,2-3H3,(H2,48,58)(H,49,55)(H,51,60)(H,52,59)(H,53,61)(H,54,62)/t35-,37?,38+,39+,42+/m1/s1. The van der Waals surface area contributed by atoms with E-state index < -0.39 is 59.7 Å². The highest BCUT2D eigenvalue weighted by molar-refractivity contribution is 6.09. The number of carbonyl (C=O) groups is 7. The summed E-state index contributed by atoms with van der Waals surface area (Å²) in [6.07, 6.45) is 7.14. The van der Waals surface area contributed by atoms with Crippen LogP contribution in [0.5, 0.6) is 0 Å². The number of aromatic nitrogens is 1. The van der Waals surface area contributed by atoms with Crippen LogP contribution < -0.4 is 32.5 Å². The van der Waals surface area contributed by atoms with Crippen molar-refractivity contribution in [2.45, 2.75) is 95.9 Å². The molecular weight excluding hydrogens is 807 g/mol. The van der Waals surface area contributed by atoms with Crippen molar-refractivity contribution in [2.24, 2.45) is 17.6 Å². The Hall–Kier alpha value is -6.83. The minimum Gasteiger partial charge on any atom is -0.382 e. The van der Waals surface area contributed by atoms with Crippen LogP contribution in [0.4, 0.5) is 0 Å². The summed E-state index contributed by atoms with van der Waals surface area (Å²) < 4.78 is 0. The third-order valence-corrected chi connectivity index (χ3v) is 10.5. The summed E-state index contributed by atoms with van der Waals surface area (Å²) in [5.41, 5.74) is 9.92. The highest BCUT2D eigenvalue weighted by Gasteiger charge is 2.36. The molecule has 1 unspecified atom stereocenters. The van der Waals surface area contributed by atoms with Crippen LogP contribution in [0.1, 0.15) is 85.8 Å². The van der Waals surface area contributed by atoms with E-state index in [2.05, 4.69) is 32.2 Å². The van der Waals surface area contributed by atoms with Crippen molar-refractivity contribution in [3.8, 4) is 12.3 Å².